The first-order chi connectivity index (χ1) is 17.2. The lowest BCUT2D eigenvalue weighted by atomic mass is 10.0. The van der Waals surface area contributed by atoms with E-state index in [0.29, 0.717) is 10.3 Å². The van der Waals surface area contributed by atoms with Crippen molar-refractivity contribution in [3.05, 3.63) is 82.3 Å². The number of halogens is 4. The molecule has 0 amide bonds. The number of benzene rings is 2. The number of fused-ring (bicyclic) bond motifs is 1. The molecular weight excluding hydrogens is 516 g/mol. The highest BCUT2D eigenvalue weighted by Gasteiger charge is 2.25. The number of hydrogen-bond acceptors (Lipinski definition) is 6. The smallest absolute Gasteiger partial charge is 0.260 e. The fraction of sp³-hybridized carbons (Fsp3) is 0.208. The molecule has 2 heterocycles. The molecule has 188 valence electrons. The molecule has 2 aromatic carbocycles. The summed E-state index contributed by atoms with van der Waals surface area (Å²) in [7, 11) is -1.63. The number of nitrogens with zero attached hydrogens (tertiary/aromatic N) is 3. The summed E-state index contributed by atoms with van der Waals surface area (Å²) in [5, 5.41) is -0.0164. The van der Waals surface area contributed by atoms with Gasteiger partial charge >= 0.3 is 0 Å². The summed E-state index contributed by atoms with van der Waals surface area (Å²) in [5.74, 6) is -2.02. The van der Waals surface area contributed by atoms with E-state index in [4.69, 9.17) is 0 Å². The highest BCUT2D eigenvalue weighted by atomic mass is 32.2. The lowest BCUT2D eigenvalue weighted by molar-refractivity contribution is 0.0916. The molecule has 0 aliphatic rings. The van der Waals surface area contributed by atoms with Gasteiger partial charge < -0.3 is 4.72 Å². The summed E-state index contributed by atoms with van der Waals surface area (Å²) in [4.78, 5) is 21.2. The summed E-state index contributed by atoms with van der Waals surface area (Å²) < 4.78 is 72.6. The van der Waals surface area contributed by atoms with Crippen LogP contribution in [0.25, 0.3) is 22.2 Å². The van der Waals surface area contributed by atoms with Gasteiger partial charge in [0, 0.05) is 29.2 Å². The maximum atomic E-state index is 15.1. The van der Waals surface area contributed by atoms with Gasteiger partial charge in [0.05, 0.1) is 28.1 Å². The lowest BCUT2D eigenvalue weighted by Gasteiger charge is -2.18. The van der Waals surface area contributed by atoms with Crippen LogP contribution >= 0.6 is 11.9 Å². The van der Waals surface area contributed by atoms with Crippen molar-refractivity contribution in [2.75, 3.05) is 11.0 Å². The second kappa shape index (κ2) is 10.8. The first kappa shape index (κ1) is 25.8. The minimum absolute atomic E-state index is 0.127. The van der Waals surface area contributed by atoms with Crippen LogP contribution in [0.2, 0.25) is 0 Å². The van der Waals surface area contributed by atoms with Crippen LogP contribution in [-0.2, 0) is 16.6 Å². The molecule has 4 rings (SSSR count). The third-order valence-corrected chi connectivity index (χ3v) is 6.97. The molecule has 0 saturated carbocycles. The zero-order valence-electron chi connectivity index (χ0n) is 19.0. The predicted molar refractivity (Wildman–Crippen MR) is 134 cm³/mol. The summed E-state index contributed by atoms with van der Waals surface area (Å²) in [5.41, 5.74) is -1.03. The largest absolute Gasteiger partial charge is 0.327 e. The fourth-order valence-corrected chi connectivity index (χ4v) is 4.69. The van der Waals surface area contributed by atoms with E-state index in [2.05, 4.69) is 14.7 Å². The average molecular weight is 537 g/mol. The van der Waals surface area contributed by atoms with Crippen molar-refractivity contribution < 1.29 is 21.8 Å². The van der Waals surface area contributed by atoms with E-state index in [1.54, 1.807) is 0 Å². The molecule has 0 radical (unpaired) electrons. The highest BCUT2D eigenvalue weighted by Crippen LogP contribution is 2.31. The molecule has 2 unspecified atom stereocenters. The Morgan fingerprint density at radius 1 is 1.08 bits per heavy atom. The van der Waals surface area contributed by atoms with E-state index in [0.717, 1.165) is 24.4 Å². The molecule has 2 aromatic heterocycles. The van der Waals surface area contributed by atoms with E-state index >= 15 is 4.39 Å². The van der Waals surface area contributed by atoms with Gasteiger partial charge in [0.2, 0.25) is 5.16 Å². The molecule has 2 atom stereocenters. The lowest BCUT2D eigenvalue weighted by Crippen LogP contribution is -2.29. The zero-order chi connectivity index (χ0) is 26.0. The average Bonchev–Trinajstić information content (AvgIpc) is 2.86. The van der Waals surface area contributed by atoms with Gasteiger partial charge in [0.25, 0.3) is 12.0 Å². The second-order valence-corrected chi connectivity index (χ2v) is 9.91. The third kappa shape index (κ3) is 5.14. The van der Waals surface area contributed by atoms with Gasteiger partial charge in [-0.15, -0.1) is 0 Å². The van der Waals surface area contributed by atoms with Crippen LogP contribution in [0.4, 0.5) is 23.2 Å². The van der Waals surface area contributed by atoms with Gasteiger partial charge in [-0.3, -0.25) is 13.6 Å². The van der Waals surface area contributed by atoms with Crippen LogP contribution in [0, 0.1) is 11.6 Å². The van der Waals surface area contributed by atoms with Gasteiger partial charge in [-0.2, -0.15) is 0 Å². The molecule has 4 aromatic rings. The van der Waals surface area contributed by atoms with Crippen LogP contribution in [0.1, 0.15) is 18.5 Å². The third-order valence-electron chi connectivity index (χ3n) is 5.42. The number of alkyl halides is 2. The van der Waals surface area contributed by atoms with Gasteiger partial charge in [-0.05, 0) is 42.6 Å². The van der Waals surface area contributed by atoms with Crippen LogP contribution in [0.15, 0.2) is 64.7 Å². The normalized spacial score (nSPS) is 13.2. The SMILES string of the molecule is CC(C(F)F)n1c(=O)c(-c2ccc(NSCc3ccccc3)c(F)c2F)cc2cnc(S(C)=O)nc21. The maximum Gasteiger partial charge on any atom is 0.260 e. The van der Waals surface area contributed by atoms with Crippen molar-refractivity contribution in [3.8, 4) is 11.1 Å². The molecule has 36 heavy (non-hydrogen) atoms. The number of anilines is 1. The Morgan fingerprint density at radius 3 is 2.47 bits per heavy atom. The second-order valence-electron chi connectivity index (χ2n) is 7.86. The molecule has 0 aliphatic heterocycles. The number of aromatic nitrogens is 3. The van der Waals surface area contributed by atoms with E-state index in [-0.39, 0.29) is 27.4 Å². The number of hydrogen-bond donors (Lipinski definition) is 1. The summed E-state index contributed by atoms with van der Waals surface area (Å²) in [6.07, 6.45) is -0.442. The van der Waals surface area contributed by atoms with Crippen LogP contribution in [0.3, 0.4) is 0 Å². The van der Waals surface area contributed by atoms with Crippen molar-refractivity contribution in [1.82, 2.24) is 14.5 Å². The van der Waals surface area contributed by atoms with E-state index < -0.39 is 46.0 Å². The Balaban J connectivity index is 1.77. The highest BCUT2D eigenvalue weighted by molar-refractivity contribution is 7.99. The Bertz CT molecular complexity index is 1500. The Kier molecular flexibility index (Phi) is 7.74. The van der Waals surface area contributed by atoms with Crippen LogP contribution < -0.4 is 10.3 Å². The minimum Gasteiger partial charge on any atom is -0.327 e. The zero-order valence-corrected chi connectivity index (χ0v) is 20.7. The van der Waals surface area contributed by atoms with Gasteiger partial charge in [-0.25, -0.2) is 27.5 Å². The van der Waals surface area contributed by atoms with Crippen LogP contribution in [-0.4, -0.2) is 31.4 Å². The van der Waals surface area contributed by atoms with E-state index in [1.165, 1.54) is 30.7 Å². The summed E-state index contributed by atoms with van der Waals surface area (Å²) in [6, 6.07) is 11.4. The van der Waals surface area contributed by atoms with Gasteiger partial charge in [0.1, 0.15) is 5.65 Å². The first-order valence-electron chi connectivity index (χ1n) is 10.6. The standard InChI is InChI=1S/C24H20F4N4O2S2/c1-13(21(27)28)32-22-15(11-29-24(30-22)36(2)34)10-17(23(32)33)16-8-9-18(20(26)19(16)25)31-35-12-14-6-4-3-5-7-14/h3-11,13,21,31H,12H2,1-2H3. The molecule has 1 N–H and O–H groups in total. The fourth-order valence-electron chi connectivity index (χ4n) is 3.53. The summed E-state index contributed by atoms with van der Waals surface area (Å²) in [6.45, 7) is 1.11. The van der Waals surface area contributed by atoms with Crippen molar-refractivity contribution in [3.63, 3.8) is 0 Å². The topological polar surface area (TPSA) is 76.9 Å². The minimum atomic E-state index is -2.96. The summed E-state index contributed by atoms with van der Waals surface area (Å²) >= 11 is 1.15. The number of pyridine rings is 1. The number of nitrogens with one attached hydrogen (secondary N) is 1. The molecule has 0 fully saturated rings. The van der Waals surface area contributed by atoms with Gasteiger partial charge in [0.15, 0.2) is 11.6 Å². The maximum absolute atomic E-state index is 15.1. The Labute approximate surface area is 210 Å². The Morgan fingerprint density at radius 2 is 1.81 bits per heavy atom. The first-order valence-corrected chi connectivity index (χ1v) is 13.2. The number of rotatable bonds is 8. The van der Waals surface area contributed by atoms with Crippen LogP contribution in [0.5, 0.6) is 0 Å². The van der Waals surface area contributed by atoms with Crippen molar-refractivity contribution >= 4 is 39.5 Å². The molecule has 0 aliphatic carbocycles. The Hall–Kier alpha value is -3.25. The quantitative estimate of drug-likeness (QED) is 0.181. The van der Waals surface area contributed by atoms with Crippen molar-refractivity contribution in [2.24, 2.45) is 0 Å². The van der Waals surface area contributed by atoms with Crippen molar-refractivity contribution in [2.45, 2.75) is 30.3 Å². The monoisotopic (exact) mass is 536 g/mol. The van der Waals surface area contributed by atoms with Gasteiger partial charge in [-0.1, -0.05) is 30.3 Å². The van der Waals surface area contributed by atoms with Crippen molar-refractivity contribution in [1.29, 1.82) is 0 Å². The molecule has 6 nitrogen and oxygen atoms in total. The molecule has 0 saturated heterocycles. The molecule has 12 heteroatoms. The molecule has 0 bridgehead atoms. The van der Waals surface area contributed by atoms with E-state index in [1.807, 2.05) is 30.3 Å². The predicted octanol–water partition coefficient (Wildman–Crippen LogP) is 5.56. The molecular formula is C24H20F4N4O2S2. The van der Waals surface area contributed by atoms with E-state index in [9.17, 15) is 22.2 Å². The molecule has 0 spiro atoms.